The van der Waals surface area contributed by atoms with Crippen LogP contribution in [0.25, 0.3) is 0 Å². The van der Waals surface area contributed by atoms with Crippen molar-refractivity contribution in [1.29, 1.82) is 0 Å². The number of amides is 1. The number of esters is 1. The first-order chi connectivity index (χ1) is 31.3. The van der Waals surface area contributed by atoms with E-state index in [2.05, 4.69) is 0 Å². The number of aliphatic hydroxyl groups excluding tert-OH is 4. The van der Waals surface area contributed by atoms with Crippen molar-refractivity contribution in [2.24, 2.45) is 53.3 Å². The maximum Gasteiger partial charge on any atom is 0.329 e. The molecule has 14 heteroatoms. The molecule has 2 bridgehead atoms. The molecule has 14 nitrogen and oxygen atoms in total. The lowest BCUT2D eigenvalue weighted by Gasteiger charge is -2.42. The van der Waals surface area contributed by atoms with E-state index in [0.717, 1.165) is 5.57 Å². The monoisotopic (exact) mass is 928 g/mol. The highest BCUT2D eigenvalue weighted by atomic mass is 16.6. The summed E-state index contributed by atoms with van der Waals surface area (Å²) in [6.45, 7) is 11.7. The minimum absolute atomic E-state index is 0.00725. The van der Waals surface area contributed by atoms with Crippen molar-refractivity contribution in [2.75, 3.05) is 33.5 Å². The molecule has 1 aliphatic carbocycles. The summed E-state index contributed by atoms with van der Waals surface area (Å²) in [6.07, 6.45) is 13.7. The van der Waals surface area contributed by atoms with Gasteiger partial charge >= 0.3 is 5.97 Å². The molecule has 2 saturated heterocycles. The highest BCUT2D eigenvalue weighted by Crippen LogP contribution is 2.38. The number of allylic oxidation sites excluding steroid dienone is 6. The van der Waals surface area contributed by atoms with Crippen LogP contribution < -0.4 is 0 Å². The van der Waals surface area contributed by atoms with Crippen LogP contribution in [0.4, 0.5) is 0 Å². The van der Waals surface area contributed by atoms with Gasteiger partial charge in [0, 0.05) is 68.6 Å². The van der Waals surface area contributed by atoms with E-state index < -0.39 is 96.7 Å². The summed E-state index contributed by atoms with van der Waals surface area (Å²) < 4.78 is 18.2. The van der Waals surface area contributed by atoms with Gasteiger partial charge in [0.2, 0.25) is 5.79 Å². The topological polar surface area (TPSA) is 217 Å². The summed E-state index contributed by atoms with van der Waals surface area (Å²) >= 11 is 0. The van der Waals surface area contributed by atoms with Gasteiger partial charge in [-0.3, -0.25) is 19.2 Å². The number of rotatable bonds is 7. The number of methoxy groups -OCH3 is 1. The Morgan fingerprint density at radius 2 is 1.56 bits per heavy atom. The predicted molar refractivity (Wildman–Crippen MR) is 249 cm³/mol. The number of nitrogens with zero attached hydrogens (tertiary/aromatic N) is 1. The van der Waals surface area contributed by atoms with Crippen molar-refractivity contribution in [1.82, 2.24) is 4.90 Å². The lowest BCUT2D eigenvalue weighted by molar-refractivity contribution is -0.265. The molecule has 3 fully saturated rings. The summed E-state index contributed by atoms with van der Waals surface area (Å²) in [5.41, 5.74) is 1.44. The van der Waals surface area contributed by atoms with Crippen LogP contribution in [0.1, 0.15) is 126 Å². The molecule has 66 heavy (non-hydrogen) atoms. The molecule has 372 valence electrons. The van der Waals surface area contributed by atoms with Crippen LogP contribution in [-0.2, 0) is 38.2 Å². The third kappa shape index (κ3) is 14.3. The number of aliphatic hydroxyl groups is 5. The van der Waals surface area contributed by atoms with Crippen LogP contribution in [0.2, 0.25) is 0 Å². The van der Waals surface area contributed by atoms with Crippen LogP contribution in [0.15, 0.2) is 47.6 Å². The molecule has 0 aromatic heterocycles. The maximum absolute atomic E-state index is 14.4. The van der Waals surface area contributed by atoms with E-state index in [1.165, 1.54) is 4.90 Å². The van der Waals surface area contributed by atoms with Gasteiger partial charge in [-0.15, -0.1) is 0 Å². The van der Waals surface area contributed by atoms with E-state index in [1.807, 2.05) is 58.1 Å². The number of ether oxygens (including phenoxy) is 3. The second-order valence-electron chi connectivity index (χ2n) is 20.2. The Balaban J connectivity index is 1.72. The van der Waals surface area contributed by atoms with E-state index >= 15 is 0 Å². The zero-order valence-electron chi connectivity index (χ0n) is 40.8. The Hall–Kier alpha value is -3.37. The lowest BCUT2D eigenvalue weighted by atomic mass is 9.75. The lowest BCUT2D eigenvalue weighted by Crippen LogP contribution is -2.61. The van der Waals surface area contributed by atoms with Gasteiger partial charge in [0.25, 0.3) is 11.7 Å². The summed E-state index contributed by atoms with van der Waals surface area (Å²) in [6, 6.07) is -1.16. The molecule has 15 atom stereocenters. The molecule has 1 saturated carbocycles. The van der Waals surface area contributed by atoms with Crippen molar-refractivity contribution in [2.45, 2.75) is 162 Å². The Kier molecular flexibility index (Phi) is 21.6. The molecule has 0 aromatic rings. The van der Waals surface area contributed by atoms with Gasteiger partial charge in [0.15, 0.2) is 0 Å². The largest absolute Gasteiger partial charge is 0.460 e. The maximum atomic E-state index is 14.4. The fraction of sp³-hybridized carbons (Fsp3) is 0.750. The second-order valence-corrected chi connectivity index (χ2v) is 20.2. The standard InChI is InChI=1S/C52H81NO13/c1-31-14-10-9-11-15-32(2)46(64-8)26-40-19-17-37(7)52(63,66-40)49(60)50(61)53-21-13-12-16-43(53)51(62)65-47(35(5)24-38-18-20-44(57)39(25-38)28-54)27-45(58)34(4)23-33(3)41(29-55)42(30-56)48(59)36(6)22-31/h9-11,14-15,23,31,34-44,46-47,54-57,63H,12-13,16-22,24-30H2,1-8H3/b11-9+,14-10+,32-15+,33-23+/t31-,34-,35-,36?,37-,38+,39+,40+,41-,42-,43+,44-,46+,47+,52-/m1/s1. The minimum Gasteiger partial charge on any atom is -0.460 e. The first-order valence-electron chi connectivity index (χ1n) is 24.6. The number of carbonyl (C=O) groups excluding carboxylic acids is 5. The van der Waals surface area contributed by atoms with Crippen molar-refractivity contribution in [3.8, 4) is 0 Å². The Bertz CT molecular complexity index is 1770. The summed E-state index contributed by atoms with van der Waals surface area (Å²) in [5, 5.41) is 53.4. The molecule has 3 heterocycles. The van der Waals surface area contributed by atoms with Crippen molar-refractivity contribution >= 4 is 29.2 Å². The summed E-state index contributed by atoms with van der Waals surface area (Å²) in [7, 11) is 1.57. The number of ketones is 3. The first kappa shape index (κ1) is 55.2. The van der Waals surface area contributed by atoms with E-state index in [9.17, 15) is 49.5 Å². The van der Waals surface area contributed by atoms with Gasteiger partial charge in [-0.1, -0.05) is 76.6 Å². The number of cyclic esters (lactones) is 1. The van der Waals surface area contributed by atoms with E-state index in [-0.39, 0.29) is 61.2 Å². The zero-order valence-corrected chi connectivity index (χ0v) is 40.8. The van der Waals surface area contributed by atoms with Gasteiger partial charge in [-0.2, -0.15) is 0 Å². The molecular formula is C52H81NO13. The van der Waals surface area contributed by atoms with E-state index in [4.69, 9.17) is 14.2 Å². The van der Waals surface area contributed by atoms with Crippen LogP contribution >= 0.6 is 0 Å². The highest BCUT2D eigenvalue weighted by molar-refractivity contribution is 6.39. The van der Waals surface area contributed by atoms with Gasteiger partial charge in [-0.25, -0.2) is 4.79 Å². The van der Waals surface area contributed by atoms with Crippen LogP contribution in [0.3, 0.4) is 0 Å². The Morgan fingerprint density at radius 1 is 0.848 bits per heavy atom. The minimum atomic E-state index is -2.44. The number of piperidine rings is 1. The van der Waals surface area contributed by atoms with Gasteiger partial charge in [0.05, 0.1) is 31.5 Å². The number of hydrogen-bond donors (Lipinski definition) is 5. The van der Waals surface area contributed by atoms with Crippen LogP contribution in [0.5, 0.6) is 0 Å². The SMILES string of the molecule is CO[C@H]1C[C@@H]2CC[C@@H](C)[C@@](O)(O2)C(=O)C(=O)N2CCCC[C@H]2C(=O)O[C@H]([C@H](C)C[C@@H]2CC[C@@H](O)[C@H](CO)C2)CC(=O)[C@H](C)/C=C(\C)[C@@H](CO)[C@@H](CO)C(=O)C(C)C[C@H](C)/C=C/C=C/C=C/1C. The van der Waals surface area contributed by atoms with Crippen LogP contribution in [-0.4, -0.2) is 129 Å². The molecule has 0 spiro atoms. The molecule has 0 radical (unpaired) electrons. The average molecular weight is 928 g/mol. The van der Waals surface area contributed by atoms with Gasteiger partial charge in [-0.05, 0) is 101 Å². The smallest absolute Gasteiger partial charge is 0.329 e. The fourth-order valence-corrected chi connectivity index (χ4v) is 10.7. The normalized spacial score (nSPS) is 40.0. The first-order valence-corrected chi connectivity index (χ1v) is 24.6. The highest BCUT2D eigenvalue weighted by Gasteiger charge is 2.53. The zero-order chi connectivity index (χ0) is 48.9. The van der Waals surface area contributed by atoms with Crippen molar-refractivity contribution in [3.63, 3.8) is 0 Å². The molecule has 4 aliphatic rings. The van der Waals surface area contributed by atoms with Gasteiger partial charge < -0.3 is 44.6 Å². The third-order valence-corrected chi connectivity index (χ3v) is 15.1. The summed E-state index contributed by atoms with van der Waals surface area (Å²) in [4.78, 5) is 72.0. The quantitative estimate of drug-likeness (QED) is 0.119. The van der Waals surface area contributed by atoms with E-state index in [0.29, 0.717) is 69.8 Å². The molecule has 1 amide bonds. The Morgan fingerprint density at radius 3 is 2.23 bits per heavy atom. The number of carbonyl (C=O) groups is 5. The number of hydrogen-bond acceptors (Lipinski definition) is 13. The average Bonchev–Trinajstić information content (AvgIpc) is 3.29. The third-order valence-electron chi connectivity index (χ3n) is 15.1. The van der Waals surface area contributed by atoms with Gasteiger partial charge in [0.1, 0.15) is 23.7 Å². The molecular weight excluding hydrogens is 847 g/mol. The number of fused-ring (bicyclic) bond motifs is 3. The summed E-state index contributed by atoms with van der Waals surface area (Å²) in [5.74, 6) is -9.95. The second kappa shape index (κ2) is 25.8. The molecule has 0 aromatic carbocycles. The molecule has 1 unspecified atom stereocenters. The van der Waals surface area contributed by atoms with E-state index in [1.54, 1.807) is 34.0 Å². The molecule has 4 rings (SSSR count). The molecule has 3 aliphatic heterocycles. The van der Waals surface area contributed by atoms with Crippen molar-refractivity contribution < 1.29 is 63.7 Å². The fourth-order valence-electron chi connectivity index (χ4n) is 10.7. The van der Waals surface area contributed by atoms with Crippen LogP contribution in [0, 0.1) is 53.3 Å². The predicted octanol–water partition coefficient (Wildman–Crippen LogP) is 5.62. The number of Topliss-reactive ketones (excluding diaryl/α,β-unsaturated/α-hetero) is 3. The van der Waals surface area contributed by atoms with Crippen molar-refractivity contribution in [3.05, 3.63) is 47.6 Å². The molecule has 5 N–H and O–H groups in total. The Labute approximate surface area is 392 Å².